The fraction of sp³-hybridized carbons (Fsp3) is 0.308. The molecule has 20 heavy (non-hydrogen) atoms. The predicted molar refractivity (Wildman–Crippen MR) is 72.2 cm³/mol. The average Bonchev–Trinajstić information content (AvgIpc) is 2.62. The molecule has 0 spiro atoms. The molecule has 2 rings (SSSR count). The molecule has 0 saturated heterocycles. The minimum atomic E-state index is -2.48. The highest BCUT2D eigenvalue weighted by Crippen LogP contribution is 2.32. The van der Waals surface area contributed by atoms with Gasteiger partial charge in [0, 0.05) is 17.5 Å². The van der Waals surface area contributed by atoms with Crippen LogP contribution < -0.4 is 4.74 Å². The standard InChI is InChI=1S/C13H14F2N2O2S/c1-8-11(12(18)17(2)16-8)19-7-9-5-3-4-6-10(9)20-13(14)15/h3-6,13,18H,7H2,1-2H3. The van der Waals surface area contributed by atoms with Crippen molar-refractivity contribution in [2.24, 2.45) is 7.05 Å². The van der Waals surface area contributed by atoms with Crippen molar-refractivity contribution in [3.8, 4) is 11.6 Å². The molecule has 0 fully saturated rings. The van der Waals surface area contributed by atoms with Gasteiger partial charge in [-0.25, -0.2) is 4.68 Å². The summed E-state index contributed by atoms with van der Waals surface area (Å²) >= 11 is 0.477. The molecule has 1 aromatic heterocycles. The molecule has 0 amide bonds. The molecule has 4 nitrogen and oxygen atoms in total. The lowest BCUT2D eigenvalue weighted by atomic mass is 10.2. The number of hydrogen-bond donors (Lipinski definition) is 1. The van der Waals surface area contributed by atoms with Crippen LogP contribution in [0.1, 0.15) is 11.3 Å². The summed E-state index contributed by atoms with van der Waals surface area (Å²) in [6.45, 7) is 1.80. The number of aryl methyl sites for hydroxylation is 2. The van der Waals surface area contributed by atoms with Crippen LogP contribution in [-0.2, 0) is 13.7 Å². The maximum absolute atomic E-state index is 12.5. The Kier molecular flexibility index (Phi) is 4.49. The number of rotatable bonds is 5. The molecular formula is C13H14F2N2O2S. The minimum absolute atomic E-state index is 0.0820. The van der Waals surface area contributed by atoms with Gasteiger partial charge in [-0.15, -0.1) is 0 Å². The number of aromatic nitrogens is 2. The van der Waals surface area contributed by atoms with E-state index in [2.05, 4.69) is 5.10 Å². The smallest absolute Gasteiger partial charge is 0.288 e. The monoisotopic (exact) mass is 300 g/mol. The summed E-state index contributed by atoms with van der Waals surface area (Å²) in [5.74, 6) is -2.30. The zero-order valence-corrected chi connectivity index (χ0v) is 11.8. The Hall–Kier alpha value is -1.76. The third kappa shape index (κ3) is 3.22. The van der Waals surface area contributed by atoms with Crippen LogP contribution in [0, 0.1) is 6.92 Å². The van der Waals surface area contributed by atoms with Gasteiger partial charge < -0.3 is 9.84 Å². The number of hydrogen-bond acceptors (Lipinski definition) is 4. The predicted octanol–water partition coefficient (Wildman–Crippen LogP) is 3.33. The molecule has 108 valence electrons. The zero-order valence-electron chi connectivity index (χ0n) is 11.0. The Labute approximate surface area is 119 Å². The van der Waals surface area contributed by atoms with Gasteiger partial charge in [0.15, 0.2) is 0 Å². The van der Waals surface area contributed by atoms with Crippen molar-refractivity contribution in [3.63, 3.8) is 0 Å². The summed E-state index contributed by atoms with van der Waals surface area (Å²) in [4.78, 5) is 0.462. The van der Waals surface area contributed by atoms with E-state index in [-0.39, 0.29) is 18.2 Å². The number of aromatic hydroxyl groups is 1. The van der Waals surface area contributed by atoms with Gasteiger partial charge in [0.25, 0.3) is 11.6 Å². The first-order valence-corrected chi connectivity index (χ1v) is 6.75. The second-order valence-electron chi connectivity index (χ2n) is 4.14. The van der Waals surface area contributed by atoms with E-state index >= 15 is 0 Å². The van der Waals surface area contributed by atoms with E-state index < -0.39 is 5.76 Å². The summed E-state index contributed by atoms with van der Waals surface area (Å²) in [7, 11) is 1.59. The van der Waals surface area contributed by atoms with Crippen LogP contribution in [0.25, 0.3) is 0 Å². The zero-order chi connectivity index (χ0) is 14.7. The highest BCUT2D eigenvalue weighted by molar-refractivity contribution is 7.99. The Morgan fingerprint density at radius 3 is 2.70 bits per heavy atom. The summed E-state index contributed by atoms with van der Waals surface area (Å²) in [5.41, 5.74) is 1.18. The summed E-state index contributed by atoms with van der Waals surface area (Å²) in [6, 6.07) is 6.78. The van der Waals surface area contributed by atoms with E-state index in [1.54, 1.807) is 38.2 Å². The summed E-state index contributed by atoms with van der Waals surface area (Å²) < 4.78 is 31.7. The van der Waals surface area contributed by atoms with Crippen molar-refractivity contribution in [2.45, 2.75) is 24.2 Å². The van der Waals surface area contributed by atoms with Crippen molar-refractivity contribution >= 4 is 11.8 Å². The Bertz CT molecular complexity index is 602. The normalized spacial score (nSPS) is 11.1. The molecule has 0 unspecified atom stereocenters. The number of nitrogens with zero attached hydrogens (tertiary/aromatic N) is 2. The Balaban J connectivity index is 2.15. The SMILES string of the molecule is Cc1nn(C)c(O)c1OCc1ccccc1SC(F)F. The molecule has 0 saturated carbocycles. The third-order valence-corrected chi connectivity index (χ3v) is 3.53. The molecule has 0 aliphatic heterocycles. The van der Waals surface area contributed by atoms with E-state index in [1.807, 2.05) is 0 Å². The molecule has 0 aliphatic rings. The van der Waals surface area contributed by atoms with Crippen LogP contribution in [0.3, 0.4) is 0 Å². The second kappa shape index (κ2) is 6.13. The molecule has 1 heterocycles. The molecule has 1 aromatic carbocycles. The lowest BCUT2D eigenvalue weighted by molar-refractivity contribution is 0.251. The van der Waals surface area contributed by atoms with Crippen LogP contribution in [0.4, 0.5) is 8.78 Å². The van der Waals surface area contributed by atoms with Crippen molar-refractivity contribution in [3.05, 3.63) is 35.5 Å². The van der Waals surface area contributed by atoms with Gasteiger partial charge in [-0.1, -0.05) is 30.0 Å². The molecular weight excluding hydrogens is 286 g/mol. The number of benzene rings is 1. The first-order chi connectivity index (χ1) is 9.49. The van der Waals surface area contributed by atoms with Crippen LogP contribution in [0.5, 0.6) is 11.6 Å². The minimum Gasteiger partial charge on any atom is -0.491 e. The summed E-state index contributed by atoms with van der Waals surface area (Å²) in [5, 5.41) is 13.8. The molecule has 2 aromatic rings. The van der Waals surface area contributed by atoms with Crippen LogP contribution >= 0.6 is 11.8 Å². The fourth-order valence-electron chi connectivity index (χ4n) is 1.78. The van der Waals surface area contributed by atoms with Gasteiger partial charge in [0.2, 0.25) is 5.75 Å². The van der Waals surface area contributed by atoms with E-state index in [9.17, 15) is 13.9 Å². The van der Waals surface area contributed by atoms with Crippen LogP contribution in [0.15, 0.2) is 29.2 Å². The maximum atomic E-state index is 12.5. The van der Waals surface area contributed by atoms with Crippen LogP contribution in [0.2, 0.25) is 0 Å². The molecule has 7 heteroatoms. The Morgan fingerprint density at radius 2 is 2.10 bits per heavy atom. The molecule has 1 N–H and O–H groups in total. The van der Waals surface area contributed by atoms with Gasteiger partial charge in [0.1, 0.15) is 12.3 Å². The highest BCUT2D eigenvalue weighted by atomic mass is 32.2. The number of ether oxygens (including phenoxy) is 1. The molecule has 0 aliphatic carbocycles. The summed E-state index contributed by atoms with van der Waals surface area (Å²) in [6.07, 6.45) is 0. The second-order valence-corrected chi connectivity index (χ2v) is 5.17. The van der Waals surface area contributed by atoms with E-state index in [1.165, 1.54) is 4.68 Å². The quantitative estimate of drug-likeness (QED) is 0.860. The van der Waals surface area contributed by atoms with Gasteiger partial charge in [-0.2, -0.15) is 13.9 Å². The van der Waals surface area contributed by atoms with Crippen molar-refractivity contribution < 1.29 is 18.6 Å². The van der Waals surface area contributed by atoms with Gasteiger partial charge >= 0.3 is 0 Å². The number of alkyl halides is 2. The first-order valence-electron chi connectivity index (χ1n) is 5.87. The van der Waals surface area contributed by atoms with Gasteiger partial charge in [-0.05, 0) is 13.0 Å². The topological polar surface area (TPSA) is 47.3 Å². The third-order valence-electron chi connectivity index (χ3n) is 2.70. The highest BCUT2D eigenvalue weighted by Gasteiger charge is 2.15. The average molecular weight is 300 g/mol. The van der Waals surface area contributed by atoms with Crippen molar-refractivity contribution in [2.75, 3.05) is 0 Å². The van der Waals surface area contributed by atoms with Gasteiger partial charge in [-0.3, -0.25) is 0 Å². The fourth-order valence-corrected chi connectivity index (χ4v) is 2.41. The van der Waals surface area contributed by atoms with Crippen molar-refractivity contribution in [1.29, 1.82) is 0 Å². The Morgan fingerprint density at radius 1 is 1.40 bits per heavy atom. The van der Waals surface area contributed by atoms with E-state index in [0.717, 1.165) is 0 Å². The first kappa shape index (κ1) is 14.6. The van der Waals surface area contributed by atoms with Crippen LogP contribution in [-0.4, -0.2) is 20.6 Å². The van der Waals surface area contributed by atoms with E-state index in [4.69, 9.17) is 4.74 Å². The lowest BCUT2D eigenvalue weighted by Crippen LogP contribution is -1.99. The molecule has 0 radical (unpaired) electrons. The van der Waals surface area contributed by atoms with Gasteiger partial charge in [0.05, 0.1) is 0 Å². The maximum Gasteiger partial charge on any atom is 0.288 e. The van der Waals surface area contributed by atoms with E-state index in [0.29, 0.717) is 27.9 Å². The lowest BCUT2D eigenvalue weighted by Gasteiger charge is -2.10. The largest absolute Gasteiger partial charge is 0.491 e. The number of halogens is 2. The number of thioether (sulfide) groups is 1. The molecule has 0 atom stereocenters. The molecule has 0 bridgehead atoms. The van der Waals surface area contributed by atoms with Crippen molar-refractivity contribution in [1.82, 2.24) is 9.78 Å².